The van der Waals surface area contributed by atoms with Gasteiger partial charge in [0.05, 0.1) is 12.2 Å². The van der Waals surface area contributed by atoms with E-state index in [1.54, 1.807) is 6.07 Å². The van der Waals surface area contributed by atoms with E-state index < -0.39 is 11.5 Å². The van der Waals surface area contributed by atoms with Crippen molar-refractivity contribution in [1.29, 1.82) is 0 Å². The Morgan fingerprint density at radius 3 is 2.19 bits per heavy atom. The molecule has 2 heterocycles. The summed E-state index contributed by atoms with van der Waals surface area (Å²) in [5.41, 5.74) is 2.43. The number of rotatable bonds is 4. The molecule has 6 nitrogen and oxygen atoms in total. The Labute approximate surface area is 181 Å². The van der Waals surface area contributed by atoms with Gasteiger partial charge in [0, 0.05) is 21.7 Å². The molecule has 0 N–H and O–H groups in total. The molecule has 31 heavy (non-hydrogen) atoms. The van der Waals surface area contributed by atoms with Gasteiger partial charge in [-0.15, -0.1) is 15.3 Å². The van der Waals surface area contributed by atoms with Gasteiger partial charge in [-0.05, 0) is 12.1 Å². The molecule has 0 unspecified atom stereocenters. The van der Waals surface area contributed by atoms with Crippen molar-refractivity contribution in [3.63, 3.8) is 0 Å². The van der Waals surface area contributed by atoms with Crippen molar-refractivity contribution < 1.29 is 4.39 Å². The first-order valence-electron chi connectivity index (χ1n) is 9.53. The van der Waals surface area contributed by atoms with Crippen molar-refractivity contribution in [2.75, 3.05) is 0 Å². The minimum atomic E-state index is -0.504. The van der Waals surface area contributed by atoms with Gasteiger partial charge in [-0.3, -0.25) is 0 Å². The van der Waals surface area contributed by atoms with E-state index in [9.17, 15) is 9.18 Å². The van der Waals surface area contributed by atoms with Crippen molar-refractivity contribution in [3.8, 4) is 22.5 Å². The molecule has 5 rings (SSSR count). The van der Waals surface area contributed by atoms with Crippen LogP contribution in [0.2, 0.25) is 5.02 Å². The maximum Gasteiger partial charge on any atom is 0.352 e. The lowest BCUT2D eigenvalue weighted by Crippen LogP contribution is -2.23. The van der Waals surface area contributed by atoms with Crippen LogP contribution >= 0.6 is 11.6 Å². The van der Waals surface area contributed by atoms with Crippen molar-refractivity contribution >= 4 is 17.4 Å². The van der Waals surface area contributed by atoms with Crippen molar-refractivity contribution in [2.45, 2.75) is 6.54 Å². The topological polar surface area (TPSA) is 65.1 Å². The Kier molecular flexibility index (Phi) is 4.80. The summed E-state index contributed by atoms with van der Waals surface area (Å²) in [6, 6.07) is 23.3. The normalized spacial score (nSPS) is 11.2. The summed E-state index contributed by atoms with van der Waals surface area (Å²) in [5.74, 6) is -0.383. The highest BCUT2D eigenvalue weighted by atomic mass is 35.5. The van der Waals surface area contributed by atoms with E-state index in [1.807, 2.05) is 60.7 Å². The number of nitrogens with zero attached hydrogens (tertiary/aromatic N) is 5. The first-order valence-corrected chi connectivity index (χ1v) is 9.91. The largest absolute Gasteiger partial charge is 0.352 e. The minimum Gasteiger partial charge on any atom is -0.245 e. The fourth-order valence-electron chi connectivity index (χ4n) is 3.49. The molecule has 0 bridgehead atoms. The van der Waals surface area contributed by atoms with E-state index >= 15 is 0 Å². The van der Waals surface area contributed by atoms with Gasteiger partial charge in [-0.25, -0.2) is 18.3 Å². The first-order chi connectivity index (χ1) is 15.1. The molecule has 0 atom stereocenters. The van der Waals surface area contributed by atoms with E-state index in [0.29, 0.717) is 11.4 Å². The van der Waals surface area contributed by atoms with E-state index in [4.69, 9.17) is 11.6 Å². The van der Waals surface area contributed by atoms with Crippen LogP contribution in [0, 0.1) is 5.82 Å². The molecule has 8 heteroatoms. The molecule has 0 saturated carbocycles. The quantitative estimate of drug-likeness (QED) is 0.421. The van der Waals surface area contributed by atoms with Gasteiger partial charge in [0.25, 0.3) is 5.78 Å². The number of halogens is 2. The summed E-state index contributed by atoms with van der Waals surface area (Å²) in [7, 11) is 0. The first kappa shape index (κ1) is 19.1. The molecule has 3 aromatic carbocycles. The van der Waals surface area contributed by atoms with Crippen molar-refractivity contribution in [3.05, 3.63) is 106 Å². The predicted octanol–water partition coefficient (Wildman–Crippen LogP) is 4.46. The molecule has 0 amide bonds. The van der Waals surface area contributed by atoms with Gasteiger partial charge in [-0.2, -0.15) is 0 Å². The molecule has 0 radical (unpaired) electrons. The van der Waals surface area contributed by atoms with Gasteiger partial charge >= 0.3 is 5.69 Å². The average Bonchev–Trinajstić information content (AvgIpc) is 3.12. The Hall–Kier alpha value is -3.84. The molecule has 5 aromatic rings. The SMILES string of the molecule is O=c1n(Cc2c(F)cccc2Cl)nc2nnc(-c3ccccc3)c(-c3ccccc3)n12. The van der Waals surface area contributed by atoms with Crippen LogP contribution in [0.15, 0.2) is 83.7 Å². The maximum absolute atomic E-state index is 14.3. The molecule has 0 aliphatic rings. The highest BCUT2D eigenvalue weighted by Gasteiger charge is 2.20. The van der Waals surface area contributed by atoms with Crippen LogP contribution in [0.5, 0.6) is 0 Å². The van der Waals surface area contributed by atoms with E-state index in [-0.39, 0.29) is 22.9 Å². The Morgan fingerprint density at radius 2 is 1.52 bits per heavy atom. The van der Waals surface area contributed by atoms with Crippen LogP contribution in [0.3, 0.4) is 0 Å². The molecule has 0 fully saturated rings. The molecular formula is C23H15ClFN5O. The summed E-state index contributed by atoms with van der Waals surface area (Å²) in [4.78, 5) is 13.4. The molecule has 0 spiro atoms. The second-order valence-electron chi connectivity index (χ2n) is 6.91. The van der Waals surface area contributed by atoms with Gasteiger partial charge in [0.15, 0.2) is 0 Å². The second kappa shape index (κ2) is 7.77. The summed E-state index contributed by atoms with van der Waals surface area (Å²) in [5, 5.41) is 13.0. The van der Waals surface area contributed by atoms with Crippen LogP contribution in [0.25, 0.3) is 28.3 Å². The lowest BCUT2D eigenvalue weighted by molar-refractivity contribution is 0.578. The zero-order valence-electron chi connectivity index (χ0n) is 16.1. The smallest absolute Gasteiger partial charge is 0.245 e. The van der Waals surface area contributed by atoms with E-state index in [2.05, 4.69) is 15.3 Å². The number of aromatic nitrogens is 5. The molecule has 0 aliphatic carbocycles. The number of benzene rings is 3. The van der Waals surface area contributed by atoms with Crippen molar-refractivity contribution in [2.24, 2.45) is 0 Å². The molecule has 0 saturated heterocycles. The lowest BCUT2D eigenvalue weighted by Gasteiger charge is -2.09. The average molecular weight is 432 g/mol. The van der Waals surface area contributed by atoms with Crippen molar-refractivity contribution in [1.82, 2.24) is 24.4 Å². The number of hydrogen-bond donors (Lipinski definition) is 0. The highest BCUT2D eigenvalue weighted by Crippen LogP contribution is 2.29. The highest BCUT2D eigenvalue weighted by molar-refractivity contribution is 6.31. The summed E-state index contributed by atoms with van der Waals surface area (Å²) >= 11 is 6.14. The zero-order valence-corrected chi connectivity index (χ0v) is 16.9. The third-order valence-electron chi connectivity index (χ3n) is 4.97. The van der Waals surface area contributed by atoms with E-state index in [0.717, 1.165) is 15.8 Å². The third kappa shape index (κ3) is 3.39. The van der Waals surface area contributed by atoms with Gasteiger partial charge in [-0.1, -0.05) is 78.3 Å². The van der Waals surface area contributed by atoms with Crippen LogP contribution in [0.4, 0.5) is 4.39 Å². The summed E-state index contributed by atoms with van der Waals surface area (Å²) in [6.07, 6.45) is 0. The van der Waals surface area contributed by atoms with Crippen LogP contribution in [-0.4, -0.2) is 24.4 Å². The van der Waals surface area contributed by atoms with Crippen LogP contribution in [-0.2, 0) is 6.54 Å². The standard InChI is InChI=1S/C23H15ClFN5O/c24-18-12-7-13-19(25)17(18)14-29-23(31)30-21(16-10-5-2-6-11-16)20(26-27-22(30)28-29)15-8-3-1-4-9-15/h1-13H,14H2. The number of fused-ring (bicyclic) bond motifs is 1. The number of hydrogen-bond acceptors (Lipinski definition) is 4. The van der Waals surface area contributed by atoms with Gasteiger partial charge in [0.1, 0.15) is 11.5 Å². The molecular weight excluding hydrogens is 417 g/mol. The molecule has 2 aromatic heterocycles. The summed E-state index contributed by atoms with van der Waals surface area (Å²) < 4.78 is 16.8. The maximum atomic E-state index is 14.3. The minimum absolute atomic E-state index is 0.121. The molecule has 152 valence electrons. The predicted molar refractivity (Wildman–Crippen MR) is 116 cm³/mol. The summed E-state index contributed by atoms with van der Waals surface area (Å²) in [6.45, 7) is -0.122. The van der Waals surface area contributed by atoms with E-state index in [1.165, 1.54) is 16.5 Å². The van der Waals surface area contributed by atoms with Crippen LogP contribution in [0.1, 0.15) is 5.56 Å². The van der Waals surface area contributed by atoms with Gasteiger partial charge in [0.2, 0.25) is 0 Å². The Bertz CT molecular complexity index is 1430. The monoisotopic (exact) mass is 431 g/mol. The second-order valence-corrected chi connectivity index (χ2v) is 7.31. The fraction of sp³-hybridized carbons (Fsp3) is 0.0435. The lowest BCUT2D eigenvalue weighted by atomic mass is 10.0. The molecule has 0 aliphatic heterocycles. The Morgan fingerprint density at radius 1 is 0.839 bits per heavy atom. The fourth-order valence-corrected chi connectivity index (χ4v) is 3.72. The zero-order chi connectivity index (χ0) is 21.4. The third-order valence-corrected chi connectivity index (χ3v) is 5.33. The van der Waals surface area contributed by atoms with Gasteiger partial charge < -0.3 is 0 Å². The Balaban J connectivity index is 1.77. The van der Waals surface area contributed by atoms with Crippen LogP contribution < -0.4 is 5.69 Å².